The highest BCUT2D eigenvalue weighted by Crippen LogP contribution is 2.34. The normalized spacial score (nSPS) is 25.2. The second-order valence-electron chi connectivity index (χ2n) is 6.75. The van der Waals surface area contributed by atoms with Crippen molar-refractivity contribution in [2.24, 2.45) is 11.3 Å². The Balaban J connectivity index is 0.000000200. The Kier molecular flexibility index (Phi) is 7.53. The minimum Gasteiger partial charge on any atom is -0.396 e. The summed E-state index contributed by atoms with van der Waals surface area (Å²) < 4.78 is 0. The van der Waals surface area contributed by atoms with Crippen LogP contribution in [0.3, 0.4) is 0 Å². The highest BCUT2D eigenvalue weighted by molar-refractivity contribution is 5.09. The second kappa shape index (κ2) is 8.63. The molecule has 0 aliphatic heterocycles. The van der Waals surface area contributed by atoms with E-state index in [-0.39, 0.29) is 18.6 Å². The van der Waals surface area contributed by atoms with Gasteiger partial charge in [0.25, 0.3) is 0 Å². The van der Waals surface area contributed by atoms with Gasteiger partial charge in [-0.15, -0.1) is 0 Å². The Labute approximate surface area is 124 Å². The third-order valence-corrected chi connectivity index (χ3v) is 4.92. The summed E-state index contributed by atoms with van der Waals surface area (Å²) in [4.78, 5) is 0. The van der Waals surface area contributed by atoms with Gasteiger partial charge < -0.3 is 10.2 Å². The van der Waals surface area contributed by atoms with Crippen LogP contribution in [0.4, 0.5) is 0 Å². The summed E-state index contributed by atoms with van der Waals surface area (Å²) in [6.45, 7) is 8.64. The maximum Gasteiger partial charge on any atom is 0.0509 e. The molecule has 0 bridgehead atoms. The zero-order valence-corrected chi connectivity index (χ0v) is 13.3. The number of aliphatic hydroxyl groups is 2. The average molecular weight is 280 g/mol. The molecule has 0 amide bonds. The molecular formula is C18H32O2. The smallest absolute Gasteiger partial charge is 0.0509 e. The van der Waals surface area contributed by atoms with Crippen LogP contribution in [0.25, 0.3) is 0 Å². The summed E-state index contributed by atoms with van der Waals surface area (Å²) in [6.07, 6.45) is 11.8. The third kappa shape index (κ3) is 5.41. The molecule has 1 fully saturated rings. The number of aliphatic hydroxyl groups excluding tert-OH is 2. The van der Waals surface area contributed by atoms with Crippen LogP contribution >= 0.6 is 0 Å². The number of hydrogen-bond donors (Lipinski definition) is 2. The fourth-order valence-electron chi connectivity index (χ4n) is 3.08. The Morgan fingerprint density at radius 1 is 1.25 bits per heavy atom. The molecule has 0 aromatic rings. The molecule has 20 heavy (non-hydrogen) atoms. The molecule has 0 saturated heterocycles. The first-order valence-electron chi connectivity index (χ1n) is 8.06. The van der Waals surface area contributed by atoms with Crippen molar-refractivity contribution in [3.05, 3.63) is 23.8 Å². The lowest BCUT2D eigenvalue weighted by atomic mass is 9.75. The van der Waals surface area contributed by atoms with Crippen molar-refractivity contribution >= 4 is 0 Å². The molecule has 0 heterocycles. The summed E-state index contributed by atoms with van der Waals surface area (Å²) in [5.41, 5.74) is 2.78. The van der Waals surface area contributed by atoms with Gasteiger partial charge in [0, 0.05) is 5.41 Å². The lowest BCUT2D eigenvalue weighted by molar-refractivity contribution is 0.0234. The molecule has 1 atom stereocenters. The number of allylic oxidation sites excluding steroid dienone is 3. The van der Waals surface area contributed by atoms with Gasteiger partial charge in [-0.05, 0) is 51.9 Å². The van der Waals surface area contributed by atoms with Crippen molar-refractivity contribution in [3.63, 3.8) is 0 Å². The molecule has 2 aliphatic carbocycles. The van der Waals surface area contributed by atoms with Gasteiger partial charge in [0.1, 0.15) is 0 Å². The van der Waals surface area contributed by atoms with Crippen LogP contribution in [0.1, 0.15) is 65.2 Å². The first-order valence-corrected chi connectivity index (χ1v) is 8.06. The minimum absolute atomic E-state index is 0.127. The molecule has 2 aliphatic rings. The number of rotatable bonds is 3. The van der Waals surface area contributed by atoms with E-state index >= 15 is 0 Å². The van der Waals surface area contributed by atoms with E-state index < -0.39 is 0 Å². The molecule has 0 spiro atoms. The minimum atomic E-state index is -0.127. The maximum absolute atomic E-state index is 8.98. The summed E-state index contributed by atoms with van der Waals surface area (Å²) in [6, 6.07) is 0. The van der Waals surface area contributed by atoms with Crippen LogP contribution in [0.5, 0.6) is 0 Å². The first kappa shape index (κ1) is 17.5. The lowest BCUT2D eigenvalue weighted by Crippen LogP contribution is -2.31. The molecular weight excluding hydrogens is 248 g/mol. The highest BCUT2D eigenvalue weighted by Gasteiger charge is 2.30. The summed E-state index contributed by atoms with van der Waals surface area (Å²) in [5.74, 6) is 0.767. The molecule has 0 aromatic carbocycles. The van der Waals surface area contributed by atoms with Gasteiger partial charge in [0.05, 0.1) is 13.2 Å². The molecule has 116 valence electrons. The number of hydrogen-bond acceptors (Lipinski definition) is 2. The summed E-state index contributed by atoms with van der Waals surface area (Å²) >= 11 is 0. The van der Waals surface area contributed by atoms with E-state index in [0.29, 0.717) is 0 Å². The van der Waals surface area contributed by atoms with Gasteiger partial charge in [-0.1, -0.05) is 43.1 Å². The Hall–Kier alpha value is -0.600. The second-order valence-corrected chi connectivity index (χ2v) is 6.75. The van der Waals surface area contributed by atoms with E-state index in [2.05, 4.69) is 26.5 Å². The third-order valence-electron chi connectivity index (χ3n) is 4.92. The molecule has 0 aromatic heterocycles. The first-order chi connectivity index (χ1) is 9.53. The van der Waals surface area contributed by atoms with Crippen LogP contribution in [-0.4, -0.2) is 23.4 Å². The SMILES string of the molecule is C=C(C)C1CC=C(C)CC1.OCC1(CO)CCCCC1. The van der Waals surface area contributed by atoms with Crippen molar-refractivity contribution in [1.82, 2.24) is 0 Å². The topological polar surface area (TPSA) is 40.5 Å². The predicted molar refractivity (Wildman–Crippen MR) is 85.6 cm³/mol. The average Bonchev–Trinajstić information content (AvgIpc) is 2.49. The zero-order chi connectivity index (χ0) is 15.0. The van der Waals surface area contributed by atoms with Crippen LogP contribution in [0.2, 0.25) is 0 Å². The molecule has 2 N–H and O–H groups in total. The molecule has 2 nitrogen and oxygen atoms in total. The lowest BCUT2D eigenvalue weighted by Gasteiger charge is -2.33. The zero-order valence-electron chi connectivity index (χ0n) is 13.3. The van der Waals surface area contributed by atoms with E-state index in [1.807, 2.05) is 0 Å². The van der Waals surface area contributed by atoms with Gasteiger partial charge in [-0.25, -0.2) is 0 Å². The Morgan fingerprint density at radius 2 is 1.85 bits per heavy atom. The van der Waals surface area contributed by atoms with Gasteiger partial charge >= 0.3 is 0 Å². The van der Waals surface area contributed by atoms with Crippen LogP contribution in [0, 0.1) is 11.3 Å². The largest absolute Gasteiger partial charge is 0.396 e. The van der Waals surface area contributed by atoms with Gasteiger partial charge in [0.15, 0.2) is 0 Å². The molecule has 0 radical (unpaired) electrons. The van der Waals surface area contributed by atoms with Gasteiger partial charge in [-0.2, -0.15) is 0 Å². The monoisotopic (exact) mass is 280 g/mol. The van der Waals surface area contributed by atoms with E-state index in [4.69, 9.17) is 10.2 Å². The standard InChI is InChI=1S/C10H16.C8H16O2/c1-8(2)10-6-4-9(3)5-7-10;9-6-8(7-10)4-2-1-3-5-8/h4,10H,1,5-7H2,2-3H3;9-10H,1-7H2. The van der Waals surface area contributed by atoms with E-state index in [1.54, 1.807) is 5.57 Å². The fourth-order valence-corrected chi connectivity index (χ4v) is 3.08. The molecule has 1 saturated carbocycles. The Bertz CT molecular complexity index is 318. The van der Waals surface area contributed by atoms with Crippen molar-refractivity contribution in [3.8, 4) is 0 Å². The van der Waals surface area contributed by atoms with Crippen LogP contribution in [0.15, 0.2) is 23.8 Å². The molecule has 2 heteroatoms. The molecule has 2 rings (SSSR count). The van der Waals surface area contributed by atoms with Crippen molar-refractivity contribution in [2.45, 2.75) is 65.2 Å². The quantitative estimate of drug-likeness (QED) is 0.759. The van der Waals surface area contributed by atoms with E-state index in [1.165, 1.54) is 44.1 Å². The van der Waals surface area contributed by atoms with Crippen molar-refractivity contribution in [2.75, 3.05) is 13.2 Å². The maximum atomic E-state index is 8.98. The van der Waals surface area contributed by atoms with E-state index in [9.17, 15) is 0 Å². The highest BCUT2D eigenvalue weighted by atomic mass is 16.3. The van der Waals surface area contributed by atoms with Crippen molar-refractivity contribution in [1.29, 1.82) is 0 Å². The van der Waals surface area contributed by atoms with E-state index in [0.717, 1.165) is 18.8 Å². The summed E-state index contributed by atoms with van der Waals surface area (Å²) in [5, 5.41) is 18.0. The summed E-state index contributed by atoms with van der Waals surface area (Å²) in [7, 11) is 0. The van der Waals surface area contributed by atoms with Crippen molar-refractivity contribution < 1.29 is 10.2 Å². The fraction of sp³-hybridized carbons (Fsp3) is 0.778. The van der Waals surface area contributed by atoms with Gasteiger partial charge in [0.2, 0.25) is 0 Å². The van der Waals surface area contributed by atoms with Crippen LogP contribution in [-0.2, 0) is 0 Å². The predicted octanol–water partition coefficient (Wildman–Crippen LogP) is 4.23. The van der Waals surface area contributed by atoms with Crippen LogP contribution < -0.4 is 0 Å². The molecule has 1 unspecified atom stereocenters. The van der Waals surface area contributed by atoms with Gasteiger partial charge in [-0.3, -0.25) is 0 Å². The Morgan fingerprint density at radius 3 is 2.20 bits per heavy atom.